The molecule has 3 heteroatoms. The van der Waals surface area contributed by atoms with Crippen molar-refractivity contribution >= 4 is 55.1 Å². The van der Waals surface area contributed by atoms with Gasteiger partial charge in [0.25, 0.3) is 0 Å². The second kappa shape index (κ2) is 11.1. The minimum absolute atomic E-state index is 0.112. The van der Waals surface area contributed by atoms with Crippen molar-refractivity contribution in [1.29, 1.82) is 0 Å². The second-order valence-electron chi connectivity index (χ2n) is 15.1. The van der Waals surface area contributed by atoms with Gasteiger partial charge >= 0.3 is 0 Å². The molecule has 7 aromatic rings. The van der Waals surface area contributed by atoms with E-state index in [4.69, 9.17) is 4.42 Å². The van der Waals surface area contributed by atoms with Crippen LogP contribution in [-0.4, -0.2) is 10.6 Å². The van der Waals surface area contributed by atoms with Gasteiger partial charge in [-0.2, -0.15) is 0 Å². The van der Waals surface area contributed by atoms with Crippen molar-refractivity contribution in [2.24, 2.45) is 11.8 Å². The average Bonchev–Trinajstić information content (AvgIpc) is 3.87. The van der Waals surface area contributed by atoms with E-state index in [0.29, 0.717) is 11.8 Å². The standard InChI is InChI=1S/C50H36N2O/c1-2-13-33(14-3-1)52-45-19-8-6-16-38(45)44-29-35(23-26-46(44)52)51(36-21-24-40-39-17-7-9-20-47(39)53-48(40)30-36)34-22-25-42-43(28-34)41-18-10-12-32-27-31-11-4-5-15-37(31)50(42)49(32)41/h1-11,13-21,23-26,28-32,34H,12,22,27H2. The van der Waals surface area contributed by atoms with Gasteiger partial charge in [-0.3, -0.25) is 0 Å². The third-order valence-corrected chi connectivity index (χ3v) is 12.3. The Bertz CT molecular complexity index is 2940. The number of para-hydroxylation sites is 3. The van der Waals surface area contributed by atoms with Gasteiger partial charge in [0.1, 0.15) is 11.2 Å². The molecular weight excluding hydrogens is 645 g/mol. The Hall–Kier alpha value is -6.32. The predicted molar refractivity (Wildman–Crippen MR) is 219 cm³/mol. The van der Waals surface area contributed by atoms with Gasteiger partial charge in [-0.25, -0.2) is 0 Å². The Morgan fingerprint density at radius 2 is 1.43 bits per heavy atom. The Morgan fingerprint density at radius 1 is 0.642 bits per heavy atom. The summed E-state index contributed by atoms with van der Waals surface area (Å²) in [6, 6.07) is 41.9. The van der Waals surface area contributed by atoms with Gasteiger partial charge in [0.15, 0.2) is 0 Å². The lowest BCUT2D eigenvalue weighted by Crippen LogP contribution is -2.31. The van der Waals surface area contributed by atoms with Crippen LogP contribution in [0.1, 0.15) is 19.3 Å². The molecular formula is C50H36N2O. The van der Waals surface area contributed by atoms with Crippen LogP contribution in [0.3, 0.4) is 0 Å². The van der Waals surface area contributed by atoms with E-state index in [0.717, 1.165) is 40.5 Å². The maximum atomic E-state index is 6.49. The number of nitrogens with zero attached hydrogens (tertiary/aromatic N) is 2. The highest BCUT2D eigenvalue weighted by Gasteiger charge is 2.42. The number of fused-ring (bicyclic) bond motifs is 10. The molecule has 3 unspecified atom stereocenters. The van der Waals surface area contributed by atoms with Gasteiger partial charge in [0.05, 0.1) is 17.1 Å². The molecule has 0 bridgehead atoms. The number of furan rings is 1. The SMILES string of the molecule is C1=CC2=C3C4=CCC(N(c5ccc6c(c5)oc5ccccc56)c5ccc6c(c5)c5ccccc5n6-c5ccccc5)C=C4C4=C3C(CC=C4)CC2C=C1. The molecule has 0 spiro atoms. The monoisotopic (exact) mass is 680 g/mol. The normalized spacial score (nSPS) is 21.4. The highest BCUT2D eigenvalue weighted by atomic mass is 16.3. The number of aromatic nitrogens is 1. The van der Waals surface area contributed by atoms with Gasteiger partial charge < -0.3 is 13.9 Å². The topological polar surface area (TPSA) is 21.3 Å². The molecule has 0 saturated carbocycles. The number of allylic oxidation sites excluding steroid dienone is 12. The van der Waals surface area contributed by atoms with Crippen molar-refractivity contribution in [3.8, 4) is 5.69 Å². The Morgan fingerprint density at radius 3 is 2.38 bits per heavy atom. The summed E-state index contributed by atoms with van der Waals surface area (Å²) in [5.41, 5.74) is 16.6. The molecule has 5 aromatic carbocycles. The summed E-state index contributed by atoms with van der Waals surface area (Å²) in [6.07, 6.45) is 22.5. The minimum Gasteiger partial charge on any atom is -0.456 e. The lowest BCUT2D eigenvalue weighted by Gasteiger charge is -2.35. The van der Waals surface area contributed by atoms with Crippen molar-refractivity contribution in [1.82, 2.24) is 4.57 Å². The fourth-order valence-corrected chi connectivity index (χ4v) is 10.1. The molecule has 0 radical (unpaired) electrons. The van der Waals surface area contributed by atoms with Crippen LogP contribution in [0.25, 0.3) is 49.4 Å². The van der Waals surface area contributed by atoms with E-state index in [-0.39, 0.29) is 6.04 Å². The predicted octanol–water partition coefficient (Wildman–Crippen LogP) is 12.8. The molecule has 5 aliphatic rings. The van der Waals surface area contributed by atoms with Crippen LogP contribution >= 0.6 is 0 Å². The molecule has 5 aliphatic carbocycles. The van der Waals surface area contributed by atoms with E-state index in [9.17, 15) is 0 Å². The molecule has 0 fully saturated rings. The summed E-state index contributed by atoms with van der Waals surface area (Å²) in [7, 11) is 0. The largest absolute Gasteiger partial charge is 0.456 e. The van der Waals surface area contributed by atoms with Crippen molar-refractivity contribution in [2.45, 2.75) is 25.3 Å². The van der Waals surface area contributed by atoms with Gasteiger partial charge in [0.2, 0.25) is 0 Å². The van der Waals surface area contributed by atoms with Crippen LogP contribution in [0, 0.1) is 11.8 Å². The summed E-state index contributed by atoms with van der Waals surface area (Å²) in [4.78, 5) is 2.56. The summed E-state index contributed by atoms with van der Waals surface area (Å²) in [6.45, 7) is 0. The molecule has 53 heavy (non-hydrogen) atoms. The highest BCUT2D eigenvalue weighted by Crippen LogP contribution is 2.56. The third kappa shape index (κ3) is 4.22. The molecule has 2 heterocycles. The highest BCUT2D eigenvalue weighted by molar-refractivity contribution is 6.11. The fourth-order valence-electron chi connectivity index (χ4n) is 10.1. The molecule has 0 aliphatic heterocycles. The van der Waals surface area contributed by atoms with E-state index in [1.165, 1.54) is 67.5 Å². The van der Waals surface area contributed by atoms with Gasteiger partial charge in [0, 0.05) is 50.6 Å². The Kier molecular flexibility index (Phi) is 6.13. The van der Waals surface area contributed by atoms with Crippen molar-refractivity contribution in [3.05, 3.63) is 197 Å². The van der Waals surface area contributed by atoms with Gasteiger partial charge in [-0.05, 0) is 113 Å². The van der Waals surface area contributed by atoms with E-state index in [1.807, 2.05) is 6.07 Å². The lowest BCUT2D eigenvalue weighted by molar-refractivity contribution is 0.488. The number of rotatable bonds is 4. The molecule has 2 aromatic heterocycles. The smallest absolute Gasteiger partial charge is 0.137 e. The quantitative estimate of drug-likeness (QED) is 0.185. The third-order valence-electron chi connectivity index (χ3n) is 12.3. The molecule has 3 atom stereocenters. The van der Waals surface area contributed by atoms with E-state index < -0.39 is 0 Å². The molecule has 0 amide bonds. The summed E-state index contributed by atoms with van der Waals surface area (Å²) < 4.78 is 8.89. The molecule has 0 saturated heterocycles. The molecule has 12 rings (SSSR count). The van der Waals surface area contributed by atoms with Crippen molar-refractivity contribution < 1.29 is 4.42 Å². The molecule has 3 nitrogen and oxygen atoms in total. The zero-order valence-corrected chi connectivity index (χ0v) is 29.2. The van der Waals surface area contributed by atoms with E-state index >= 15 is 0 Å². The maximum Gasteiger partial charge on any atom is 0.137 e. The van der Waals surface area contributed by atoms with Crippen LogP contribution in [0.5, 0.6) is 0 Å². The Labute approximate surface area is 308 Å². The zero-order valence-electron chi connectivity index (χ0n) is 29.2. The number of hydrogen-bond acceptors (Lipinski definition) is 2. The first-order chi connectivity index (χ1) is 26.3. The first-order valence-corrected chi connectivity index (χ1v) is 19.0. The number of hydrogen-bond donors (Lipinski definition) is 0. The maximum absolute atomic E-state index is 6.49. The van der Waals surface area contributed by atoms with Crippen molar-refractivity contribution in [3.63, 3.8) is 0 Å². The molecule has 0 N–H and O–H groups in total. The first kappa shape index (κ1) is 29.3. The number of benzene rings is 5. The Balaban J connectivity index is 1.06. The number of anilines is 2. The summed E-state index contributed by atoms with van der Waals surface area (Å²) >= 11 is 0. The zero-order chi connectivity index (χ0) is 34.6. The van der Waals surface area contributed by atoms with E-state index in [1.54, 1.807) is 5.57 Å². The van der Waals surface area contributed by atoms with Crippen LogP contribution in [0.4, 0.5) is 11.4 Å². The van der Waals surface area contributed by atoms with Gasteiger partial charge in [-0.15, -0.1) is 0 Å². The molecule has 252 valence electrons. The minimum atomic E-state index is 0.112. The second-order valence-corrected chi connectivity index (χ2v) is 15.1. The van der Waals surface area contributed by atoms with Crippen LogP contribution in [-0.2, 0) is 0 Å². The van der Waals surface area contributed by atoms with Crippen LogP contribution in [0.15, 0.2) is 202 Å². The van der Waals surface area contributed by atoms with Crippen LogP contribution in [0.2, 0.25) is 0 Å². The lowest BCUT2D eigenvalue weighted by atomic mass is 9.70. The van der Waals surface area contributed by atoms with Crippen LogP contribution < -0.4 is 4.90 Å². The fraction of sp³-hybridized carbons (Fsp3) is 0.120. The van der Waals surface area contributed by atoms with Gasteiger partial charge in [-0.1, -0.05) is 103 Å². The average molecular weight is 681 g/mol. The van der Waals surface area contributed by atoms with E-state index in [2.05, 4.69) is 167 Å². The first-order valence-electron chi connectivity index (χ1n) is 19.0. The van der Waals surface area contributed by atoms with Crippen molar-refractivity contribution in [2.75, 3.05) is 4.90 Å². The summed E-state index contributed by atoms with van der Waals surface area (Å²) in [5, 5.41) is 4.81. The summed E-state index contributed by atoms with van der Waals surface area (Å²) in [5.74, 6) is 1.09.